The minimum absolute atomic E-state index is 0.757. The van der Waals surface area contributed by atoms with Crippen LogP contribution in [0.1, 0.15) is 24.7 Å². The average molecular weight is 282 g/mol. The number of hydrogen-bond donors (Lipinski definition) is 1. The van der Waals surface area contributed by atoms with Crippen molar-refractivity contribution in [2.24, 2.45) is 0 Å². The second-order valence-corrected chi connectivity index (χ2v) is 4.84. The molecule has 0 aromatic carbocycles. The van der Waals surface area contributed by atoms with Gasteiger partial charge in [0, 0.05) is 32.0 Å². The van der Waals surface area contributed by atoms with Crippen molar-refractivity contribution in [3.05, 3.63) is 34.9 Å². The van der Waals surface area contributed by atoms with E-state index in [2.05, 4.69) is 22.4 Å². The van der Waals surface area contributed by atoms with Gasteiger partial charge >= 0.3 is 0 Å². The van der Waals surface area contributed by atoms with Crippen LogP contribution in [0.5, 0.6) is 0 Å². The fourth-order valence-electron chi connectivity index (χ4n) is 2.04. The lowest BCUT2D eigenvalue weighted by Crippen LogP contribution is -2.19. The van der Waals surface area contributed by atoms with E-state index in [9.17, 15) is 0 Å². The molecule has 0 bridgehead atoms. The van der Waals surface area contributed by atoms with Crippen LogP contribution in [0.4, 0.5) is 0 Å². The zero-order valence-electron chi connectivity index (χ0n) is 11.4. The van der Waals surface area contributed by atoms with Crippen LogP contribution in [-0.4, -0.2) is 26.1 Å². The zero-order valence-corrected chi connectivity index (χ0v) is 12.2. The Morgan fingerprint density at radius 1 is 1.42 bits per heavy atom. The number of nitrogens with zero attached hydrogens (tertiary/aromatic N) is 4. The van der Waals surface area contributed by atoms with Gasteiger partial charge in [-0.1, -0.05) is 11.6 Å². The van der Waals surface area contributed by atoms with E-state index in [0.717, 1.165) is 49.0 Å². The van der Waals surface area contributed by atoms with Gasteiger partial charge in [0.1, 0.15) is 0 Å². The Balaban J connectivity index is 1.76. The molecule has 0 unspecified atom stereocenters. The number of aromatic nitrogens is 4. The third-order valence-corrected chi connectivity index (χ3v) is 3.54. The molecule has 0 saturated carbocycles. The van der Waals surface area contributed by atoms with Crippen LogP contribution in [0.15, 0.2) is 18.5 Å². The van der Waals surface area contributed by atoms with Crippen molar-refractivity contribution >= 4 is 11.6 Å². The Morgan fingerprint density at radius 2 is 2.26 bits per heavy atom. The summed E-state index contributed by atoms with van der Waals surface area (Å²) in [5.74, 6) is 0. The minimum atomic E-state index is 0.757. The molecule has 6 heteroatoms. The summed E-state index contributed by atoms with van der Waals surface area (Å²) in [4.78, 5) is 0. The standard InChI is InChI=1S/C13H20ClN5/c1-3-19-12(13(14)11(2)17-19)10-15-6-4-8-18-9-5-7-16-18/h5,7,9,15H,3-4,6,8,10H2,1-2H3. The second-order valence-electron chi connectivity index (χ2n) is 4.46. The van der Waals surface area contributed by atoms with Crippen LogP contribution in [0, 0.1) is 6.92 Å². The lowest BCUT2D eigenvalue weighted by atomic mass is 10.3. The van der Waals surface area contributed by atoms with Crippen molar-refractivity contribution in [2.45, 2.75) is 39.9 Å². The van der Waals surface area contributed by atoms with Crippen molar-refractivity contribution < 1.29 is 0 Å². The quantitative estimate of drug-likeness (QED) is 0.792. The van der Waals surface area contributed by atoms with Gasteiger partial charge in [-0.3, -0.25) is 9.36 Å². The Kier molecular flexibility index (Phi) is 4.99. The lowest BCUT2D eigenvalue weighted by Gasteiger charge is -2.07. The average Bonchev–Trinajstić information content (AvgIpc) is 3.01. The zero-order chi connectivity index (χ0) is 13.7. The topological polar surface area (TPSA) is 47.7 Å². The van der Waals surface area contributed by atoms with Gasteiger partial charge in [-0.15, -0.1) is 0 Å². The number of aryl methyl sites for hydroxylation is 3. The Labute approximate surface area is 118 Å². The van der Waals surface area contributed by atoms with E-state index in [1.54, 1.807) is 6.20 Å². The van der Waals surface area contributed by atoms with E-state index in [0.29, 0.717) is 0 Å². The molecule has 5 nitrogen and oxygen atoms in total. The molecule has 0 atom stereocenters. The van der Waals surface area contributed by atoms with E-state index in [1.807, 2.05) is 28.6 Å². The second kappa shape index (κ2) is 6.73. The maximum Gasteiger partial charge on any atom is 0.0860 e. The summed E-state index contributed by atoms with van der Waals surface area (Å²) in [7, 11) is 0. The van der Waals surface area contributed by atoms with Gasteiger partial charge in [-0.2, -0.15) is 10.2 Å². The summed E-state index contributed by atoms with van der Waals surface area (Å²) in [5.41, 5.74) is 1.97. The largest absolute Gasteiger partial charge is 0.311 e. The number of nitrogens with one attached hydrogen (secondary N) is 1. The number of halogens is 1. The van der Waals surface area contributed by atoms with Gasteiger partial charge in [-0.05, 0) is 32.9 Å². The maximum absolute atomic E-state index is 6.25. The van der Waals surface area contributed by atoms with E-state index in [1.165, 1.54) is 0 Å². The molecular formula is C13H20ClN5. The van der Waals surface area contributed by atoms with Crippen LogP contribution < -0.4 is 5.32 Å². The normalized spacial score (nSPS) is 11.1. The van der Waals surface area contributed by atoms with Gasteiger partial charge in [0.05, 0.1) is 16.4 Å². The van der Waals surface area contributed by atoms with Crippen LogP contribution in [0.25, 0.3) is 0 Å². The molecule has 0 aliphatic heterocycles. The van der Waals surface area contributed by atoms with E-state index in [4.69, 9.17) is 11.6 Å². The number of hydrogen-bond acceptors (Lipinski definition) is 3. The molecule has 0 amide bonds. The van der Waals surface area contributed by atoms with Gasteiger partial charge in [0.15, 0.2) is 0 Å². The highest BCUT2D eigenvalue weighted by atomic mass is 35.5. The fraction of sp³-hybridized carbons (Fsp3) is 0.538. The molecule has 0 saturated heterocycles. The van der Waals surface area contributed by atoms with Crippen LogP contribution >= 0.6 is 11.6 Å². The van der Waals surface area contributed by atoms with Crippen molar-refractivity contribution in [1.29, 1.82) is 0 Å². The molecule has 0 aliphatic rings. The third-order valence-electron chi connectivity index (χ3n) is 3.05. The summed E-state index contributed by atoms with van der Waals surface area (Å²) >= 11 is 6.25. The van der Waals surface area contributed by atoms with Crippen molar-refractivity contribution in [2.75, 3.05) is 6.54 Å². The molecule has 2 aromatic heterocycles. The van der Waals surface area contributed by atoms with E-state index < -0.39 is 0 Å². The summed E-state index contributed by atoms with van der Waals surface area (Å²) in [6.07, 6.45) is 4.82. The lowest BCUT2D eigenvalue weighted by molar-refractivity contribution is 0.527. The highest BCUT2D eigenvalue weighted by molar-refractivity contribution is 6.31. The van der Waals surface area contributed by atoms with Crippen molar-refractivity contribution in [3.63, 3.8) is 0 Å². The van der Waals surface area contributed by atoms with Gasteiger partial charge in [-0.25, -0.2) is 0 Å². The van der Waals surface area contributed by atoms with E-state index >= 15 is 0 Å². The SMILES string of the molecule is CCn1nc(C)c(Cl)c1CNCCCn1cccn1. The highest BCUT2D eigenvalue weighted by Crippen LogP contribution is 2.19. The molecule has 0 aliphatic carbocycles. The first-order valence-electron chi connectivity index (χ1n) is 6.62. The summed E-state index contributed by atoms with van der Waals surface area (Å²) in [6, 6.07) is 1.94. The van der Waals surface area contributed by atoms with Crippen molar-refractivity contribution in [1.82, 2.24) is 24.9 Å². The first-order chi connectivity index (χ1) is 9.22. The molecule has 2 rings (SSSR count). The Morgan fingerprint density at radius 3 is 2.95 bits per heavy atom. The van der Waals surface area contributed by atoms with Gasteiger partial charge in [0.2, 0.25) is 0 Å². The van der Waals surface area contributed by atoms with Gasteiger partial charge in [0.25, 0.3) is 0 Å². The predicted octanol–water partition coefficient (Wildman–Crippen LogP) is 2.24. The molecule has 0 fully saturated rings. The molecule has 2 aromatic rings. The smallest absolute Gasteiger partial charge is 0.0860 e. The molecule has 1 N–H and O–H groups in total. The maximum atomic E-state index is 6.25. The molecule has 104 valence electrons. The Hall–Kier alpha value is -1.33. The van der Waals surface area contributed by atoms with Crippen molar-refractivity contribution in [3.8, 4) is 0 Å². The molecule has 19 heavy (non-hydrogen) atoms. The predicted molar refractivity (Wildman–Crippen MR) is 76.2 cm³/mol. The Bertz CT molecular complexity index is 503. The van der Waals surface area contributed by atoms with Crippen LogP contribution in [-0.2, 0) is 19.6 Å². The number of rotatable bonds is 7. The molecule has 0 spiro atoms. The summed E-state index contributed by atoms with van der Waals surface area (Å²) in [5, 5.41) is 12.8. The molecule has 0 radical (unpaired) electrons. The van der Waals surface area contributed by atoms with Gasteiger partial charge < -0.3 is 5.32 Å². The van der Waals surface area contributed by atoms with E-state index in [-0.39, 0.29) is 0 Å². The monoisotopic (exact) mass is 281 g/mol. The third kappa shape index (κ3) is 3.58. The minimum Gasteiger partial charge on any atom is -0.311 e. The highest BCUT2D eigenvalue weighted by Gasteiger charge is 2.11. The first-order valence-corrected chi connectivity index (χ1v) is 7.00. The first kappa shape index (κ1) is 14.1. The summed E-state index contributed by atoms with van der Waals surface area (Å²) in [6.45, 7) is 7.48. The van der Waals surface area contributed by atoms with Crippen LogP contribution in [0.3, 0.4) is 0 Å². The fourth-order valence-corrected chi connectivity index (χ4v) is 2.25. The molecular weight excluding hydrogens is 262 g/mol. The van der Waals surface area contributed by atoms with Crippen LogP contribution in [0.2, 0.25) is 5.02 Å². The molecule has 2 heterocycles. The summed E-state index contributed by atoms with van der Waals surface area (Å²) < 4.78 is 3.90.